The van der Waals surface area contributed by atoms with Gasteiger partial charge in [-0.15, -0.1) is 0 Å². The van der Waals surface area contributed by atoms with E-state index < -0.39 is 4.92 Å². The molecule has 1 aliphatic heterocycles. The van der Waals surface area contributed by atoms with Gasteiger partial charge < -0.3 is 14.2 Å². The Bertz CT molecular complexity index is 540. The molecule has 108 valence electrons. The van der Waals surface area contributed by atoms with E-state index in [4.69, 9.17) is 14.2 Å². The number of nitro benzene ring substituents is 1. The average molecular weight is 281 g/mol. The Hall–Kier alpha value is -2.15. The topological polar surface area (TPSA) is 87.9 Å². The summed E-state index contributed by atoms with van der Waals surface area (Å²) in [5, 5.41) is 10.9. The van der Waals surface area contributed by atoms with Crippen molar-refractivity contribution < 1.29 is 23.9 Å². The molecular formula is C13H15NO6. The lowest BCUT2D eigenvalue weighted by molar-refractivity contribution is -0.385. The van der Waals surface area contributed by atoms with Gasteiger partial charge >= 0.3 is 5.97 Å². The smallest absolute Gasteiger partial charge is 0.308 e. The van der Waals surface area contributed by atoms with Crippen LogP contribution < -0.4 is 4.74 Å². The van der Waals surface area contributed by atoms with Gasteiger partial charge in [0.25, 0.3) is 5.69 Å². The number of fused-ring (bicyclic) bond motifs is 1. The Kier molecular flexibility index (Phi) is 4.19. The molecule has 20 heavy (non-hydrogen) atoms. The van der Waals surface area contributed by atoms with Crippen molar-refractivity contribution in [2.75, 3.05) is 6.79 Å². The Morgan fingerprint density at radius 3 is 2.90 bits per heavy atom. The van der Waals surface area contributed by atoms with Crippen LogP contribution in [-0.4, -0.2) is 17.7 Å². The zero-order valence-electron chi connectivity index (χ0n) is 11.3. The molecule has 0 saturated heterocycles. The summed E-state index contributed by atoms with van der Waals surface area (Å²) in [5.41, 5.74) is 0.987. The maximum Gasteiger partial charge on any atom is 0.308 e. The van der Waals surface area contributed by atoms with Gasteiger partial charge in [0.15, 0.2) is 6.79 Å². The van der Waals surface area contributed by atoms with Crippen LogP contribution in [0.3, 0.4) is 0 Å². The number of nitro groups is 1. The molecule has 7 heteroatoms. The molecule has 1 aromatic rings. The number of esters is 1. The second kappa shape index (κ2) is 5.87. The molecule has 0 fully saturated rings. The lowest BCUT2D eigenvalue weighted by Crippen LogP contribution is -2.16. The predicted molar refractivity (Wildman–Crippen MR) is 68.0 cm³/mol. The van der Waals surface area contributed by atoms with E-state index in [1.807, 2.05) is 0 Å². The first kappa shape index (κ1) is 14.3. The molecule has 0 N–H and O–H groups in total. The van der Waals surface area contributed by atoms with Gasteiger partial charge in [0, 0.05) is 23.3 Å². The van der Waals surface area contributed by atoms with E-state index in [0.717, 1.165) is 0 Å². The molecule has 0 atom stereocenters. The highest BCUT2D eigenvalue weighted by Crippen LogP contribution is 2.33. The summed E-state index contributed by atoms with van der Waals surface area (Å²) in [6, 6.07) is 2.76. The van der Waals surface area contributed by atoms with Crippen molar-refractivity contribution in [3.8, 4) is 5.75 Å². The number of hydrogen-bond acceptors (Lipinski definition) is 6. The summed E-state index contributed by atoms with van der Waals surface area (Å²) in [4.78, 5) is 21.9. The maximum absolute atomic E-state index is 11.5. The summed E-state index contributed by atoms with van der Waals surface area (Å²) in [6.07, 6.45) is 0. The van der Waals surface area contributed by atoms with Crippen molar-refractivity contribution >= 4 is 11.7 Å². The number of rotatable bonds is 4. The van der Waals surface area contributed by atoms with Crippen molar-refractivity contribution in [3.05, 3.63) is 33.4 Å². The van der Waals surface area contributed by atoms with E-state index in [1.165, 1.54) is 12.1 Å². The number of carbonyl (C=O) groups is 1. The normalized spacial score (nSPS) is 13.6. The van der Waals surface area contributed by atoms with E-state index in [-0.39, 0.29) is 37.6 Å². The molecule has 2 rings (SSSR count). The highest BCUT2D eigenvalue weighted by Gasteiger charge is 2.22. The zero-order valence-corrected chi connectivity index (χ0v) is 11.3. The third-order valence-electron chi connectivity index (χ3n) is 2.82. The van der Waals surface area contributed by atoms with Crippen molar-refractivity contribution in [1.82, 2.24) is 0 Å². The van der Waals surface area contributed by atoms with Crippen LogP contribution in [0.2, 0.25) is 0 Å². The van der Waals surface area contributed by atoms with Crippen LogP contribution in [0, 0.1) is 16.0 Å². The van der Waals surface area contributed by atoms with Crippen LogP contribution >= 0.6 is 0 Å². The minimum atomic E-state index is -0.497. The zero-order chi connectivity index (χ0) is 14.7. The lowest BCUT2D eigenvalue weighted by atomic mass is 10.1. The van der Waals surface area contributed by atoms with Crippen LogP contribution in [0.4, 0.5) is 5.69 Å². The summed E-state index contributed by atoms with van der Waals surface area (Å²) in [5.74, 6) is -0.121. The van der Waals surface area contributed by atoms with Crippen molar-refractivity contribution in [1.29, 1.82) is 0 Å². The largest absolute Gasteiger partial charge is 0.467 e. The van der Waals surface area contributed by atoms with E-state index in [2.05, 4.69) is 0 Å². The fourth-order valence-electron chi connectivity index (χ4n) is 1.81. The second-order valence-electron chi connectivity index (χ2n) is 4.72. The summed E-state index contributed by atoms with van der Waals surface area (Å²) >= 11 is 0. The third kappa shape index (κ3) is 3.05. The number of carbonyl (C=O) groups excluding carboxylic acids is 1. The summed E-state index contributed by atoms with van der Waals surface area (Å²) < 4.78 is 15.6. The number of benzene rings is 1. The van der Waals surface area contributed by atoms with E-state index >= 15 is 0 Å². The SMILES string of the molecule is CC(C)C(=O)OCc1cc([N+](=O)[O-])cc2c1OCOC2. The third-order valence-corrected chi connectivity index (χ3v) is 2.82. The molecule has 1 heterocycles. The molecule has 0 amide bonds. The van der Waals surface area contributed by atoms with Crippen LogP contribution in [0.15, 0.2) is 12.1 Å². The van der Waals surface area contributed by atoms with Crippen LogP contribution in [0.25, 0.3) is 0 Å². The molecule has 0 radical (unpaired) electrons. The van der Waals surface area contributed by atoms with Gasteiger partial charge in [0.05, 0.1) is 17.4 Å². The molecule has 0 bridgehead atoms. The monoisotopic (exact) mass is 281 g/mol. The molecule has 1 aliphatic rings. The standard InChI is InChI=1S/C13H15NO6/c1-8(2)13(15)19-6-10-4-11(14(16)17)3-9-5-18-7-20-12(9)10/h3-4,8H,5-7H2,1-2H3. The molecule has 7 nitrogen and oxygen atoms in total. The Balaban J connectivity index is 2.27. The van der Waals surface area contributed by atoms with Gasteiger partial charge in [-0.2, -0.15) is 0 Å². The van der Waals surface area contributed by atoms with E-state index in [9.17, 15) is 14.9 Å². The second-order valence-corrected chi connectivity index (χ2v) is 4.72. The summed E-state index contributed by atoms with van der Waals surface area (Å²) in [6.45, 7) is 3.70. The Morgan fingerprint density at radius 1 is 1.50 bits per heavy atom. The fourth-order valence-corrected chi connectivity index (χ4v) is 1.81. The van der Waals surface area contributed by atoms with Gasteiger partial charge in [0.1, 0.15) is 12.4 Å². The van der Waals surface area contributed by atoms with Gasteiger partial charge in [-0.3, -0.25) is 14.9 Å². The minimum absolute atomic E-state index is 0.0545. The van der Waals surface area contributed by atoms with Gasteiger partial charge in [-0.25, -0.2) is 0 Å². The highest BCUT2D eigenvalue weighted by atomic mass is 16.7. The van der Waals surface area contributed by atoms with Gasteiger partial charge in [-0.1, -0.05) is 13.8 Å². The van der Waals surface area contributed by atoms with E-state index in [0.29, 0.717) is 16.9 Å². The Morgan fingerprint density at radius 2 is 2.25 bits per heavy atom. The predicted octanol–water partition coefficient (Wildman–Crippen LogP) is 2.16. The Labute approximate surface area is 115 Å². The maximum atomic E-state index is 11.5. The van der Waals surface area contributed by atoms with Gasteiger partial charge in [-0.05, 0) is 0 Å². The summed E-state index contributed by atoms with van der Waals surface area (Å²) in [7, 11) is 0. The molecule has 0 spiro atoms. The van der Waals surface area contributed by atoms with Crippen LogP contribution in [0.1, 0.15) is 25.0 Å². The van der Waals surface area contributed by atoms with E-state index in [1.54, 1.807) is 13.8 Å². The van der Waals surface area contributed by atoms with Crippen LogP contribution in [-0.2, 0) is 27.5 Å². The number of nitrogens with zero attached hydrogens (tertiary/aromatic N) is 1. The number of ether oxygens (including phenoxy) is 3. The molecule has 0 saturated carbocycles. The fraction of sp³-hybridized carbons (Fsp3) is 0.462. The minimum Gasteiger partial charge on any atom is -0.467 e. The number of non-ortho nitro benzene ring substituents is 1. The van der Waals surface area contributed by atoms with Crippen molar-refractivity contribution in [3.63, 3.8) is 0 Å². The van der Waals surface area contributed by atoms with Gasteiger partial charge in [0.2, 0.25) is 0 Å². The van der Waals surface area contributed by atoms with Crippen LogP contribution in [0.5, 0.6) is 5.75 Å². The molecule has 0 unspecified atom stereocenters. The molecule has 1 aromatic carbocycles. The average Bonchev–Trinajstić information content (AvgIpc) is 2.43. The number of hydrogen-bond donors (Lipinski definition) is 0. The molecular weight excluding hydrogens is 266 g/mol. The highest BCUT2D eigenvalue weighted by molar-refractivity contribution is 5.71. The van der Waals surface area contributed by atoms with Crippen molar-refractivity contribution in [2.24, 2.45) is 5.92 Å². The lowest BCUT2D eigenvalue weighted by Gasteiger charge is -2.20. The first-order valence-electron chi connectivity index (χ1n) is 6.16. The first-order chi connectivity index (χ1) is 9.49. The molecule has 0 aromatic heterocycles. The first-order valence-corrected chi connectivity index (χ1v) is 6.16. The quantitative estimate of drug-likeness (QED) is 0.477. The molecule has 0 aliphatic carbocycles. The van der Waals surface area contributed by atoms with Crippen molar-refractivity contribution in [2.45, 2.75) is 27.1 Å².